The third-order valence-electron chi connectivity index (χ3n) is 2.97. The molecule has 0 saturated carbocycles. The predicted molar refractivity (Wildman–Crippen MR) is 90.7 cm³/mol. The number of nitrogens with zero attached hydrogens (tertiary/aromatic N) is 3. The van der Waals surface area contributed by atoms with Crippen molar-refractivity contribution in [1.29, 1.82) is 0 Å². The molecule has 0 aliphatic heterocycles. The van der Waals surface area contributed by atoms with Crippen molar-refractivity contribution in [3.63, 3.8) is 0 Å². The fourth-order valence-electron chi connectivity index (χ4n) is 1.88. The number of anilines is 1. The maximum atomic E-state index is 11.9. The average molecular weight is 346 g/mol. The van der Waals surface area contributed by atoms with E-state index in [0.717, 1.165) is 16.8 Å². The van der Waals surface area contributed by atoms with Gasteiger partial charge in [-0.25, -0.2) is 4.98 Å². The van der Waals surface area contributed by atoms with E-state index >= 15 is 0 Å². The summed E-state index contributed by atoms with van der Waals surface area (Å²) in [7, 11) is 0. The quantitative estimate of drug-likeness (QED) is 0.712. The summed E-state index contributed by atoms with van der Waals surface area (Å²) in [5, 5.41) is 13.6. The summed E-state index contributed by atoms with van der Waals surface area (Å²) in [4.78, 5) is 16.1. The van der Waals surface area contributed by atoms with Crippen LogP contribution >= 0.6 is 23.1 Å². The molecule has 3 rings (SSSR count). The van der Waals surface area contributed by atoms with Gasteiger partial charge in [-0.05, 0) is 25.5 Å². The first-order valence-electron chi connectivity index (χ1n) is 6.86. The smallest absolute Gasteiger partial charge is 0.277 e. The first-order valence-corrected chi connectivity index (χ1v) is 8.72. The zero-order valence-electron chi connectivity index (χ0n) is 12.6. The molecule has 8 heteroatoms. The van der Waals surface area contributed by atoms with E-state index in [4.69, 9.17) is 4.42 Å². The Kier molecular flexibility index (Phi) is 4.73. The Morgan fingerprint density at radius 3 is 2.87 bits per heavy atom. The number of thioether (sulfide) groups is 1. The number of thiazole rings is 1. The number of nitrogens with one attached hydrogen (secondary N) is 1. The van der Waals surface area contributed by atoms with Crippen LogP contribution in [0.5, 0.6) is 0 Å². The molecule has 6 nitrogen and oxygen atoms in total. The van der Waals surface area contributed by atoms with Crippen molar-refractivity contribution in [2.45, 2.75) is 19.1 Å². The molecule has 3 aromatic rings. The van der Waals surface area contributed by atoms with Gasteiger partial charge in [0.1, 0.15) is 0 Å². The molecule has 2 heterocycles. The van der Waals surface area contributed by atoms with Crippen LogP contribution in [0, 0.1) is 13.8 Å². The second-order valence-corrected chi connectivity index (χ2v) is 6.60. The highest BCUT2D eigenvalue weighted by Crippen LogP contribution is 2.25. The number of aryl methyl sites for hydroxylation is 2. The summed E-state index contributed by atoms with van der Waals surface area (Å²) in [5.74, 6) is 0.496. The van der Waals surface area contributed by atoms with Crippen molar-refractivity contribution in [3.8, 4) is 11.5 Å². The number of rotatable bonds is 5. The van der Waals surface area contributed by atoms with Crippen LogP contribution in [0.25, 0.3) is 11.5 Å². The minimum Gasteiger partial charge on any atom is -0.411 e. The van der Waals surface area contributed by atoms with Crippen LogP contribution in [0.15, 0.2) is 39.3 Å². The lowest BCUT2D eigenvalue weighted by molar-refractivity contribution is -0.113. The molecule has 0 saturated heterocycles. The van der Waals surface area contributed by atoms with E-state index in [2.05, 4.69) is 20.5 Å². The standard InChI is InChI=1S/C15H14N4O2S2/c1-9-5-3-4-6-11(9)13-18-19-15(21-13)23-8-12(20)17-14-16-10(2)7-22-14/h3-7H,8H2,1-2H3,(H,16,17,20). The molecular weight excluding hydrogens is 332 g/mol. The molecule has 0 bridgehead atoms. The van der Waals surface area contributed by atoms with E-state index < -0.39 is 0 Å². The average Bonchev–Trinajstić information content (AvgIpc) is 3.15. The number of hydrogen-bond acceptors (Lipinski definition) is 7. The Morgan fingerprint density at radius 2 is 2.13 bits per heavy atom. The van der Waals surface area contributed by atoms with Crippen LogP contribution in [0.2, 0.25) is 0 Å². The third kappa shape index (κ3) is 3.96. The zero-order valence-corrected chi connectivity index (χ0v) is 14.2. The van der Waals surface area contributed by atoms with Crippen molar-refractivity contribution in [2.75, 3.05) is 11.1 Å². The molecule has 0 radical (unpaired) electrons. The molecule has 1 aromatic carbocycles. The zero-order chi connectivity index (χ0) is 16.2. The molecule has 23 heavy (non-hydrogen) atoms. The molecule has 0 spiro atoms. The lowest BCUT2D eigenvalue weighted by Gasteiger charge is -1.99. The number of amides is 1. The summed E-state index contributed by atoms with van der Waals surface area (Å²) in [6, 6.07) is 7.78. The molecule has 0 aliphatic rings. The van der Waals surface area contributed by atoms with Gasteiger partial charge < -0.3 is 9.73 Å². The van der Waals surface area contributed by atoms with Crippen LogP contribution in [0.4, 0.5) is 5.13 Å². The lowest BCUT2D eigenvalue weighted by atomic mass is 10.1. The van der Waals surface area contributed by atoms with Gasteiger partial charge in [0.15, 0.2) is 5.13 Å². The van der Waals surface area contributed by atoms with Crippen molar-refractivity contribution in [3.05, 3.63) is 40.9 Å². The monoisotopic (exact) mass is 346 g/mol. The summed E-state index contributed by atoms with van der Waals surface area (Å²) >= 11 is 2.60. The van der Waals surface area contributed by atoms with Gasteiger partial charge >= 0.3 is 0 Å². The summed E-state index contributed by atoms with van der Waals surface area (Å²) < 4.78 is 5.60. The number of carbonyl (C=O) groups is 1. The summed E-state index contributed by atoms with van der Waals surface area (Å²) in [5.41, 5.74) is 2.84. The summed E-state index contributed by atoms with van der Waals surface area (Å²) in [6.45, 7) is 3.86. The molecule has 2 aromatic heterocycles. The highest BCUT2D eigenvalue weighted by molar-refractivity contribution is 7.99. The molecule has 0 fully saturated rings. The van der Waals surface area contributed by atoms with Crippen molar-refractivity contribution >= 4 is 34.1 Å². The fourth-order valence-corrected chi connectivity index (χ4v) is 3.15. The van der Waals surface area contributed by atoms with E-state index in [-0.39, 0.29) is 11.7 Å². The minimum absolute atomic E-state index is 0.153. The number of hydrogen-bond donors (Lipinski definition) is 1. The van der Waals surface area contributed by atoms with Crippen LogP contribution in [-0.2, 0) is 4.79 Å². The van der Waals surface area contributed by atoms with E-state index in [1.807, 2.05) is 43.5 Å². The number of carbonyl (C=O) groups excluding carboxylic acids is 1. The Hall–Kier alpha value is -2.19. The van der Waals surface area contributed by atoms with Crippen LogP contribution in [0.3, 0.4) is 0 Å². The second-order valence-electron chi connectivity index (χ2n) is 4.82. The largest absolute Gasteiger partial charge is 0.411 e. The van der Waals surface area contributed by atoms with Gasteiger partial charge in [0.05, 0.1) is 11.4 Å². The van der Waals surface area contributed by atoms with Gasteiger partial charge in [-0.3, -0.25) is 4.79 Å². The molecule has 0 unspecified atom stereocenters. The maximum absolute atomic E-state index is 11.9. The van der Waals surface area contributed by atoms with Gasteiger partial charge in [-0.1, -0.05) is 30.0 Å². The first kappa shape index (κ1) is 15.7. The van der Waals surface area contributed by atoms with E-state index in [1.54, 1.807) is 0 Å². The van der Waals surface area contributed by atoms with Gasteiger partial charge in [-0.2, -0.15) is 0 Å². The van der Waals surface area contributed by atoms with Gasteiger partial charge in [0, 0.05) is 10.9 Å². The van der Waals surface area contributed by atoms with Gasteiger partial charge in [0.2, 0.25) is 11.8 Å². The number of benzene rings is 1. The van der Waals surface area contributed by atoms with E-state index in [9.17, 15) is 4.79 Å². The van der Waals surface area contributed by atoms with Crippen LogP contribution < -0.4 is 5.32 Å². The van der Waals surface area contributed by atoms with Gasteiger partial charge in [0.25, 0.3) is 5.22 Å². The van der Waals surface area contributed by atoms with E-state index in [0.29, 0.717) is 16.2 Å². The Labute approximate surface area is 141 Å². The maximum Gasteiger partial charge on any atom is 0.277 e. The van der Waals surface area contributed by atoms with Crippen molar-refractivity contribution in [2.24, 2.45) is 0 Å². The highest BCUT2D eigenvalue weighted by Gasteiger charge is 2.13. The number of aromatic nitrogens is 3. The summed E-state index contributed by atoms with van der Waals surface area (Å²) in [6.07, 6.45) is 0. The molecule has 1 N–H and O–H groups in total. The molecule has 1 amide bonds. The Morgan fingerprint density at radius 1 is 1.30 bits per heavy atom. The second kappa shape index (κ2) is 6.93. The Balaban J connectivity index is 1.59. The van der Waals surface area contributed by atoms with Crippen molar-refractivity contribution in [1.82, 2.24) is 15.2 Å². The molecule has 0 atom stereocenters. The predicted octanol–water partition coefficient (Wildman–Crippen LogP) is 3.54. The first-order chi connectivity index (χ1) is 11.1. The molecule has 118 valence electrons. The topological polar surface area (TPSA) is 80.9 Å². The molecule has 0 aliphatic carbocycles. The van der Waals surface area contributed by atoms with E-state index in [1.165, 1.54) is 23.1 Å². The third-order valence-corrected chi connectivity index (χ3v) is 4.67. The van der Waals surface area contributed by atoms with Crippen LogP contribution in [-0.4, -0.2) is 26.8 Å². The van der Waals surface area contributed by atoms with Crippen molar-refractivity contribution < 1.29 is 9.21 Å². The molecular formula is C15H14N4O2S2. The van der Waals surface area contributed by atoms with Crippen LogP contribution in [0.1, 0.15) is 11.3 Å². The lowest BCUT2D eigenvalue weighted by Crippen LogP contribution is -2.13. The minimum atomic E-state index is -0.153. The Bertz CT molecular complexity index is 828. The van der Waals surface area contributed by atoms with Gasteiger partial charge in [-0.15, -0.1) is 21.5 Å². The highest BCUT2D eigenvalue weighted by atomic mass is 32.2. The fraction of sp³-hybridized carbons (Fsp3) is 0.200. The normalized spacial score (nSPS) is 10.7. The SMILES string of the molecule is Cc1csc(NC(=O)CSc2nnc(-c3ccccc3C)o2)n1.